The van der Waals surface area contributed by atoms with Crippen molar-refractivity contribution in [1.82, 2.24) is 20.5 Å². The van der Waals surface area contributed by atoms with E-state index in [1.165, 1.54) is 0 Å². The van der Waals surface area contributed by atoms with Crippen molar-refractivity contribution in [2.75, 3.05) is 13.1 Å². The third kappa shape index (κ3) is 4.62. The molecule has 3 amide bonds. The van der Waals surface area contributed by atoms with Gasteiger partial charge in [0.15, 0.2) is 5.89 Å². The summed E-state index contributed by atoms with van der Waals surface area (Å²) in [6.45, 7) is 3.77. The van der Waals surface area contributed by atoms with Crippen molar-refractivity contribution < 1.29 is 14.0 Å². The molecule has 0 radical (unpaired) electrons. The Morgan fingerprint density at radius 3 is 2.77 bits per heavy atom. The maximum atomic E-state index is 12.3. The molecule has 2 heterocycles. The van der Waals surface area contributed by atoms with Gasteiger partial charge in [0, 0.05) is 26.1 Å². The van der Waals surface area contributed by atoms with E-state index in [0.717, 1.165) is 12.0 Å². The Labute approximate surface area is 152 Å². The van der Waals surface area contributed by atoms with E-state index in [0.29, 0.717) is 44.3 Å². The maximum Gasteiger partial charge on any atom is 0.317 e. The summed E-state index contributed by atoms with van der Waals surface area (Å²) in [5, 5.41) is 5.76. The Bertz CT molecular complexity index is 744. The number of carbonyl (C=O) groups excluding carboxylic acids is 2. The van der Waals surface area contributed by atoms with Gasteiger partial charge in [0.25, 0.3) is 0 Å². The van der Waals surface area contributed by atoms with Crippen LogP contribution in [0.3, 0.4) is 0 Å². The molecule has 1 saturated heterocycles. The highest BCUT2D eigenvalue weighted by molar-refractivity contribution is 5.81. The van der Waals surface area contributed by atoms with E-state index in [1.807, 2.05) is 37.3 Å². The molecule has 2 aromatic rings. The van der Waals surface area contributed by atoms with Crippen LogP contribution in [-0.4, -0.2) is 34.9 Å². The van der Waals surface area contributed by atoms with Crippen LogP contribution in [0.15, 0.2) is 40.9 Å². The quantitative estimate of drug-likeness (QED) is 0.830. The van der Waals surface area contributed by atoms with Gasteiger partial charge in [-0.25, -0.2) is 9.78 Å². The molecule has 138 valence electrons. The highest BCUT2D eigenvalue weighted by Gasteiger charge is 2.30. The monoisotopic (exact) mass is 356 g/mol. The molecule has 1 aromatic carbocycles. The summed E-state index contributed by atoms with van der Waals surface area (Å²) >= 11 is 0. The average molecular weight is 356 g/mol. The minimum atomic E-state index is -0.183. The van der Waals surface area contributed by atoms with Crippen LogP contribution in [0.1, 0.15) is 30.6 Å². The molecule has 7 heteroatoms. The Balaban J connectivity index is 1.42. The van der Waals surface area contributed by atoms with Gasteiger partial charge in [0.1, 0.15) is 5.76 Å². The molecule has 1 aliphatic heterocycles. The van der Waals surface area contributed by atoms with Crippen molar-refractivity contribution in [3.05, 3.63) is 53.7 Å². The van der Waals surface area contributed by atoms with E-state index in [2.05, 4.69) is 15.6 Å². The van der Waals surface area contributed by atoms with Gasteiger partial charge in [0.05, 0.1) is 18.7 Å². The van der Waals surface area contributed by atoms with Crippen LogP contribution >= 0.6 is 0 Å². The smallest absolute Gasteiger partial charge is 0.317 e. The van der Waals surface area contributed by atoms with E-state index in [9.17, 15) is 9.59 Å². The van der Waals surface area contributed by atoms with Gasteiger partial charge < -0.3 is 20.0 Å². The van der Waals surface area contributed by atoms with Crippen LogP contribution in [0.4, 0.5) is 4.79 Å². The Morgan fingerprint density at radius 2 is 2.04 bits per heavy atom. The van der Waals surface area contributed by atoms with Crippen LogP contribution in [0, 0.1) is 5.92 Å². The number of oxazole rings is 1. The first kappa shape index (κ1) is 18.0. The summed E-state index contributed by atoms with van der Waals surface area (Å²) in [6.07, 6.45) is 3.03. The number of carbonyl (C=O) groups is 2. The van der Waals surface area contributed by atoms with E-state index < -0.39 is 0 Å². The van der Waals surface area contributed by atoms with Crippen LogP contribution in [-0.2, 0) is 24.3 Å². The zero-order valence-corrected chi connectivity index (χ0v) is 14.9. The molecule has 26 heavy (non-hydrogen) atoms. The summed E-state index contributed by atoms with van der Waals surface area (Å²) in [6, 6.07) is 9.60. The summed E-state index contributed by atoms with van der Waals surface area (Å²) in [4.78, 5) is 30.3. The number of aryl methyl sites for hydroxylation is 1. The highest BCUT2D eigenvalue weighted by atomic mass is 16.4. The van der Waals surface area contributed by atoms with Crippen molar-refractivity contribution >= 4 is 11.9 Å². The fraction of sp³-hybridized carbons (Fsp3) is 0.421. The normalized spacial score (nSPS) is 16.5. The van der Waals surface area contributed by atoms with E-state index in [-0.39, 0.29) is 17.9 Å². The standard InChI is InChI=1S/C19H24N4O3/c1-2-17-20-11-16(26-17)12-22-19(25)23-9-8-15(13-23)18(24)21-10-14-6-4-3-5-7-14/h3-7,11,15H,2,8-10,12-13H2,1H3,(H,21,24)(H,22,25). The number of hydrogen-bond donors (Lipinski definition) is 2. The maximum absolute atomic E-state index is 12.3. The van der Waals surface area contributed by atoms with Crippen molar-refractivity contribution in [1.29, 1.82) is 0 Å². The lowest BCUT2D eigenvalue weighted by Crippen LogP contribution is -2.39. The summed E-state index contributed by atoms with van der Waals surface area (Å²) < 4.78 is 5.47. The number of rotatable bonds is 6. The van der Waals surface area contributed by atoms with Crippen molar-refractivity contribution in [3.63, 3.8) is 0 Å². The average Bonchev–Trinajstić information content (AvgIpc) is 3.34. The third-order valence-corrected chi connectivity index (χ3v) is 4.47. The predicted molar refractivity (Wildman–Crippen MR) is 96.1 cm³/mol. The van der Waals surface area contributed by atoms with E-state index in [1.54, 1.807) is 11.1 Å². The van der Waals surface area contributed by atoms with Gasteiger partial charge >= 0.3 is 6.03 Å². The molecule has 1 aromatic heterocycles. The lowest BCUT2D eigenvalue weighted by molar-refractivity contribution is -0.124. The highest BCUT2D eigenvalue weighted by Crippen LogP contribution is 2.17. The number of nitrogens with zero attached hydrogens (tertiary/aromatic N) is 2. The molecule has 2 N–H and O–H groups in total. The van der Waals surface area contributed by atoms with Crippen LogP contribution in [0.5, 0.6) is 0 Å². The zero-order chi connectivity index (χ0) is 18.4. The molecule has 1 fully saturated rings. The number of urea groups is 1. The lowest BCUT2D eigenvalue weighted by Gasteiger charge is -2.17. The predicted octanol–water partition coefficient (Wildman–Crippen LogP) is 2.08. The number of amides is 3. The zero-order valence-electron chi connectivity index (χ0n) is 14.9. The summed E-state index contributed by atoms with van der Waals surface area (Å²) in [5.41, 5.74) is 1.06. The first-order valence-electron chi connectivity index (χ1n) is 8.93. The molecule has 0 aliphatic carbocycles. The topological polar surface area (TPSA) is 87.5 Å². The fourth-order valence-corrected chi connectivity index (χ4v) is 2.96. The van der Waals surface area contributed by atoms with Gasteiger partial charge in [-0.2, -0.15) is 0 Å². The number of hydrogen-bond acceptors (Lipinski definition) is 4. The summed E-state index contributed by atoms with van der Waals surface area (Å²) in [7, 11) is 0. The number of nitrogens with one attached hydrogen (secondary N) is 2. The molecule has 0 spiro atoms. The molecule has 0 bridgehead atoms. The molecule has 7 nitrogen and oxygen atoms in total. The summed E-state index contributed by atoms with van der Waals surface area (Å²) in [5.74, 6) is 1.12. The number of likely N-dealkylation sites (tertiary alicyclic amines) is 1. The molecular weight excluding hydrogens is 332 g/mol. The Hall–Kier alpha value is -2.83. The van der Waals surface area contributed by atoms with E-state index >= 15 is 0 Å². The van der Waals surface area contributed by atoms with Gasteiger partial charge in [-0.1, -0.05) is 37.3 Å². The molecular formula is C19H24N4O3. The molecule has 1 atom stereocenters. The van der Waals surface area contributed by atoms with Gasteiger partial charge in [0.2, 0.25) is 5.91 Å². The van der Waals surface area contributed by atoms with Crippen LogP contribution < -0.4 is 10.6 Å². The largest absolute Gasteiger partial charge is 0.444 e. The van der Waals surface area contributed by atoms with E-state index in [4.69, 9.17) is 4.42 Å². The minimum Gasteiger partial charge on any atom is -0.444 e. The van der Waals surface area contributed by atoms with Crippen molar-refractivity contribution in [2.45, 2.75) is 32.9 Å². The number of benzene rings is 1. The van der Waals surface area contributed by atoms with Crippen molar-refractivity contribution in [3.8, 4) is 0 Å². The Morgan fingerprint density at radius 1 is 1.23 bits per heavy atom. The van der Waals surface area contributed by atoms with Gasteiger partial charge in [-0.3, -0.25) is 4.79 Å². The molecule has 3 rings (SSSR count). The second kappa shape index (κ2) is 8.51. The second-order valence-electron chi connectivity index (χ2n) is 6.37. The Kier molecular flexibility index (Phi) is 5.88. The fourth-order valence-electron chi connectivity index (χ4n) is 2.96. The lowest BCUT2D eigenvalue weighted by atomic mass is 10.1. The number of aromatic nitrogens is 1. The van der Waals surface area contributed by atoms with Crippen molar-refractivity contribution in [2.24, 2.45) is 5.92 Å². The second-order valence-corrected chi connectivity index (χ2v) is 6.37. The van der Waals surface area contributed by atoms with Gasteiger partial charge in [-0.15, -0.1) is 0 Å². The van der Waals surface area contributed by atoms with Crippen LogP contribution in [0.2, 0.25) is 0 Å². The first-order valence-corrected chi connectivity index (χ1v) is 8.93. The molecule has 1 unspecified atom stereocenters. The first-order chi connectivity index (χ1) is 12.7. The molecule has 1 aliphatic rings. The SMILES string of the molecule is CCc1ncc(CNC(=O)N2CCC(C(=O)NCc3ccccc3)C2)o1. The minimum absolute atomic E-state index is 0.00743. The molecule has 0 saturated carbocycles. The third-order valence-electron chi connectivity index (χ3n) is 4.47. The van der Waals surface area contributed by atoms with Gasteiger partial charge in [-0.05, 0) is 12.0 Å². The van der Waals surface area contributed by atoms with Crippen LogP contribution in [0.25, 0.3) is 0 Å².